The van der Waals surface area contributed by atoms with Crippen molar-refractivity contribution in [2.45, 2.75) is 32.7 Å². The number of nitrogens with one attached hydrogen (secondary N) is 1. The van der Waals surface area contributed by atoms with Gasteiger partial charge in [-0.3, -0.25) is 10.1 Å². The molecule has 0 saturated carbocycles. The molecule has 6 nitrogen and oxygen atoms in total. The Balaban J connectivity index is 1.99. The van der Waals surface area contributed by atoms with Gasteiger partial charge in [-0.1, -0.05) is 26.0 Å². The summed E-state index contributed by atoms with van der Waals surface area (Å²) in [5, 5.41) is 14.1. The molecular weight excluding hydrogens is 270 g/mol. The lowest BCUT2D eigenvalue weighted by molar-refractivity contribution is -0.384. The largest absolute Gasteiger partial charge is 0.441 e. The van der Waals surface area contributed by atoms with Crippen LogP contribution < -0.4 is 5.32 Å². The van der Waals surface area contributed by atoms with E-state index in [2.05, 4.69) is 24.1 Å². The second-order valence-corrected chi connectivity index (χ2v) is 5.14. The van der Waals surface area contributed by atoms with E-state index in [0.29, 0.717) is 23.3 Å². The van der Waals surface area contributed by atoms with E-state index in [1.54, 1.807) is 18.3 Å². The second kappa shape index (κ2) is 6.99. The molecular formula is C15H19N3O3. The van der Waals surface area contributed by atoms with Crippen molar-refractivity contribution < 1.29 is 9.34 Å². The topological polar surface area (TPSA) is 81.2 Å². The van der Waals surface area contributed by atoms with Gasteiger partial charge in [0.25, 0.3) is 5.69 Å². The number of aromatic nitrogens is 1. The lowest BCUT2D eigenvalue weighted by Crippen LogP contribution is -2.23. The summed E-state index contributed by atoms with van der Waals surface area (Å²) in [4.78, 5) is 14.6. The van der Waals surface area contributed by atoms with E-state index >= 15 is 0 Å². The molecule has 1 aromatic heterocycles. The Kier molecular flexibility index (Phi) is 5.05. The van der Waals surface area contributed by atoms with Crippen LogP contribution in [-0.2, 0) is 6.42 Å². The maximum atomic E-state index is 10.8. The molecule has 0 aliphatic heterocycles. The summed E-state index contributed by atoms with van der Waals surface area (Å²) < 4.78 is 5.65. The molecule has 6 heteroatoms. The Hall–Kier alpha value is -2.21. The molecule has 0 radical (unpaired) electrons. The van der Waals surface area contributed by atoms with Gasteiger partial charge in [-0.05, 0) is 13.0 Å². The van der Waals surface area contributed by atoms with Crippen LogP contribution in [0.1, 0.15) is 26.2 Å². The summed E-state index contributed by atoms with van der Waals surface area (Å²) in [6.45, 7) is 5.11. The zero-order chi connectivity index (χ0) is 15.2. The third-order valence-electron chi connectivity index (χ3n) is 3.02. The summed E-state index contributed by atoms with van der Waals surface area (Å²) in [6, 6.07) is 6.83. The quantitative estimate of drug-likeness (QED) is 0.481. The lowest BCUT2D eigenvalue weighted by atomic mass is 10.2. The fourth-order valence-corrected chi connectivity index (χ4v) is 1.96. The minimum Gasteiger partial charge on any atom is -0.441 e. The predicted molar refractivity (Wildman–Crippen MR) is 80.1 cm³/mol. The first-order valence-electron chi connectivity index (χ1n) is 6.99. The summed E-state index contributed by atoms with van der Waals surface area (Å²) >= 11 is 0. The molecule has 1 N–H and O–H groups in total. The van der Waals surface area contributed by atoms with Crippen LogP contribution in [0.4, 0.5) is 5.69 Å². The Bertz CT molecular complexity index is 608. The normalized spacial score (nSPS) is 11.0. The second-order valence-electron chi connectivity index (χ2n) is 5.14. The molecule has 2 rings (SSSR count). The fourth-order valence-electron chi connectivity index (χ4n) is 1.96. The average Bonchev–Trinajstić information content (AvgIpc) is 2.92. The third-order valence-corrected chi connectivity index (χ3v) is 3.02. The van der Waals surface area contributed by atoms with Gasteiger partial charge in [-0.25, -0.2) is 4.98 Å². The third kappa shape index (κ3) is 4.39. The zero-order valence-electron chi connectivity index (χ0n) is 12.2. The van der Waals surface area contributed by atoms with Gasteiger partial charge in [-0.2, -0.15) is 0 Å². The molecule has 0 spiro atoms. The number of hydrogen-bond donors (Lipinski definition) is 1. The van der Waals surface area contributed by atoms with Gasteiger partial charge < -0.3 is 9.73 Å². The Morgan fingerprint density at radius 1 is 1.43 bits per heavy atom. The van der Waals surface area contributed by atoms with Gasteiger partial charge in [-0.15, -0.1) is 0 Å². The van der Waals surface area contributed by atoms with Crippen LogP contribution in [0.25, 0.3) is 11.3 Å². The van der Waals surface area contributed by atoms with Gasteiger partial charge in [0.2, 0.25) is 0 Å². The maximum Gasteiger partial charge on any atom is 0.270 e. The van der Waals surface area contributed by atoms with E-state index in [-0.39, 0.29) is 5.69 Å². The smallest absolute Gasteiger partial charge is 0.270 e. The highest BCUT2D eigenvalue weighted by molar-refractivity contribution is 5.60. The highest BCUT2D eigenvalue weighted by Gasteiger charge is 2.11. The number of aryl methyl sites for hydroxylation is 1. The van der Waals surface area contributed by atoms with Gasteiger partial charge in [0.1, 0.15) is 0 Å². The minimum absolute atomic E-state index is 0.0478. The number of nitro benzene ring substituents is 1. The molecule has 0 saturated heterocycles. The number of benzene rings is 1. The molecule has 0 atom stereocenters. The van der Waals surface area contributed by atoms with Crippen molar-refractivity contribution in [2.24, 2.45) is 0 Å². The molecule has 21 heavy (non-hydrogen) atoms. The van der Waals surface area contributed by atoms with Gasteiger partial charge in [0.15, 0.2) is 11.7 Å². The standard InChI is InChI=1S/C15H19N3O3/c1-11(2)16-8-4-7-15-17-10-14(21-15)12-5-3-6-13(9-12)18(19)20/h3,5-6,9-11,16H,4,7-8H2,1-2H3. The first kappa shape index (κ1) is 15.2. The SMILES string of the molecule is CC(C)NCCCc1ncc(-c2cccc([N+](=O)[O-])c2)o1. The van der Waals surface area contributed by atoms with Crippen LogP contribution in [0.3, 0.4) is 0 Å². The van der Waals surface area contributed by atoms with Crippen molar-refractivity contribution in [3.63, 3.8) is 0 Å². The van der Waals surface area contributed by atoms with Crippen molar-refractivity contribution in [1.82, 2.24) is 10.3 Å². The van der Waals surface area contributed by atoms with Crippen molar-refractivity contribution in [1.29, 1.82) is 0 Å². The monoisotopic (exact) mass is 289 g/mol. The minimum atomic E-state index is -0.418. The van der Waals surface area contributed by atoms with Crippen molar-refractivity contribution in [3.8, 4) is 11.3 Å². The van der Waals surface area contributed by atoms with E-state index in [1.807, 2.05) is 0 Å². The first-order chi connectivity index (χ1) is 10.1. The molecule has 0 bridgehead atoms. The lowest BCUT2D eigenvalue weighted by Gasteiger charge is -2.05. The predicted octanol–water partition coefficient (Wildman–Crippen LogP) is 3.18. The van der Waals surface area contributed by atoms with E-state index in [4.69, 9.17) is 4.42 Å². The highest BCUT2D eigenvalue weighted by Crippen LogP contribution is 2.24. The maximum absolute atomic E-state index is 10.8. The van der Waals surface area contributed by atoms with Gasteiger partial charge in [0.05, 0.1) is 11.1 Å². The van der Waals surface area contributed by atoms with Crippen LogP contribution in [0.2, 0.25) is 0 Å². The number of hydrogen-bond acceptors (Lipinski definition) is 5. The average molecular weight is 289 g/mol. The molecule has 0 amide bonds. The Labute approximate surface area is 123 Å². The van der Waals surface area contributed by atoms with Crippen LogP contribution in [0.5, 0.6) is 0 Å². The molecule has 1 aromatic carbocycles. The van der Waals surface area contributed by atoms with Crippen molar-refractivity contribution in [2.75, 3.05) is 6.54 Å². The molecule has 2 aromatic rings. The number of nitrogens with zero attached hydrogens (tertiary/aromatic N) is 2. The van der Waals surface area contributed by atoms with Gasteiger partial charge in [0, 0.05) is 30.2 Å². The Morgan fingerprint density at radius 2 is 2.24 bits per heavy atom. The van der Waals surface area contributed by atoms with Crippen LogP contribution >= 0.6 is 0 Å². The van der Waals surface area contributed by atoms with Crippen LogP contribution in [0, 0.1) is 10.1 Å². The summed E-state index contributed by atoms with van der Waals surface area (Å²) in [7, 11) is 0. The zero-order valence-corrected chi connectivity index (χ0v) is 12.2. The summed E-state index contributed by atoms with van der Waals surface area (Å²) in [5.74, 6) is 1.22. The first-order valence-corrected chi connectivity index (χ1v) is 6.99. The van der Waals surface area contributed by atoms with Crippen molar-refractivity contribution in [3.05, 3.63) is 46.5 Å². The number of nitro groups is 1. The molecule has 0 aliphatic carbocycles. The van der Waals surface area contributed by atoms with E-state index in [0.717, 1.165) is 19.4 Å². The highest BCUT2D eigenvalue weighted by atomic mass is 16.6. The van der Waals surface area contributed by atoms with Crippen LogP contribution in [-0.4, -0.2) is 22.5 Å². The molecule has 0 unspecified atom stereocenters. The molecule has 0 aliphatic rings. The fraction of sp³-hybridized carbons (Fsp3) is 0.400. The van der Waals surface area contributed by atoms with Gasteiger partial charge >= 0.3 is 0 Å². The molecule has 0 fully saturated rings. The molecule has 1 heterocycles. The number of rotatable bonds is 7. The van der Waals surface area contributed by atoms with Crippen LogP contribution in [0.15, 0.2) is 34.9 Å². The Morgan fingerprint density at radius 3 is 2.95 bits per heavy atom. The number of non-ortho nitro benzene ring substituents is 1. The van der Waals surface area contributed by atoms with E-state index in [9.17, 15) is 10.1 Å². The van der Waals surface area contributed by atoms with Crippen molar-refractivity contribution >= 4 is 5.69 Å². The summed E-state index contributed by atoms with van der Waals surface area (Å²) in [5.41, 5.74) is 0.717. The van der Waals surface area contributed by atoms with E-state index in [1.165, 1.54) is 12.1 Å². The van der Waals surface area contributed by atoms with E-state index < -0.39 is 4.92 Å². The molecule has 112 valence electrons. The summed E-state index contributed by atoms with van der Waals surface area (Å²) in [6.07, 6.45) is 3.30. The number of oxazole rings is 1.